The summed E-state index contributed by atoms with van der Waals surface area (Å²) in [5.41, 5.74) is 2.64. The van der Waals surface area contributed by atoms with Gasteiger partial charge in [0, 0.05) is 16.5 Å². The SMILES string of the molecule is Cc1oc2ccccc2c1CC1(C)CCCN1. The van der Waals surface area contributed by atoms with Gasteiger partial charge in [0.05, 0.1) is 0 Å². The Morgan fingerprint density at radius 3 is 2.94 bits per heavy atom. The highest BCUT2D eigenvalue weighted by Gasteiger charge is 2.30. The van der Waals surface area contributed by atoms with Crippen molar-refractivity contribution in [3.05, 3.63) is 35.6 Å². The largest absolute Gasteiger partial charge is 0.461 e. The number of hydrogen-bond donors (Lipinski definition) is 1. The molecule has 1 atom stereocenters. The predicted molar refractivity (Wildman–Crippen MR) is 70.3 cm³/mol. The molecular formula is C15H19NO. The number of furan rings is 1. The molecule has 1 aromatic carbocycles. The Morgan fingerprint density at radius 2 is 2.18 bits per heavy atom. The fraction of sp³-hybridized carbons (Fsp3) is 0.467. The van der Waals surface area contributed by atoms with E-state index in [9.17, 15) is 0 Å². The van der Waals surface area contributed by atoms with Crippen LogP contribution in [0.1, 0.15) is 31.1 Å². The number of benzene rings is 1. The van der Waals surface area contributed by atoms with Gasteiger partial charge >= 0.3 is 0 Å². The molecule has 2 heterocycles. The van der Waals surface area contributed by atoms with E-state index in [-0.39, 0.29) is 5.54 Å². The van der Waals surface area contributed by atoms with Gasteiger partial charge in [-0.1, -0.05) is 18.2 Å². The van der Waals surface area contributed by atoms with Crippen LogP contribution >= 0.6 is 0 Å². The fourth-order valence-corrected chi connectivity index (χ4v) is 2.94. The molecule has 0 radical (unpaired) electrons. The van der Waals surface area contributed by atoms with Crippen LogP contribution in [0.3, 0.4) is 0 Å². The van der Waals surface area contributed by atoms with Gasteiger partial charge in [0.2, 0.25) is 0 Å². The van der Waals surface area contributed by atoms with Crippen molar-refractivity contribution < 1.29 is 4.42 Å². The Balaban J connectivity index is 2.02. The summed E-state index contributed by atoms with van der Waals surface area (Å²) >= 11 is 0. The van der Waals surface area contributed by atoms with Crippen LogP contribution < -0.4 is 5.32 Å². The lowest BCUT2D eigenvalue weighted by Gasteiger charge is -2.24. The number of aryl methyl sites for hydroxylation is 1. The third kappa shape index (κ3) is 1.87. The lowest BCUT2D eigenvalue weighted by molar-refractivity contribution is 0.409. The van der Waals surface area contributed by atoms with Crippen LogP contribution in [0.15, 0.2) is 28.7 Å². The molecule has 0 spiro atoms. The maximum Gasteiger partial charge on any atom is 0.134 e. The molecule has 1 N–H and O–H groups in total. The fourth-order valence-electron chi connectivity index (χ4n) is 2.94. The number of fused-ring (bicyclic) bond motifs is 1. The highest BCUT2D eigenvalue weighted by Crippen LogP contribution is 2.31. The third-order valence-corrected chi connectivity index (χ3v) is 3.92. The first-order chi connectivity index (χ1) is 8.18. The summed E-state index contributed by atoms with van der Waals surface area (Å²) in [5, 5.41) is 4.90. The lowest BCUT2D eigenvalue weighted by Crippen LogP contribution is -2.38. The summed E-state index contributed by atoms with van der Waals surface area (Å²) in [7, 11) is 0. The van der Waals surface area contributed by atoms with Crippen molar-refractivity contribution in [2.75, 3.05) is 6.54 Å². The second kappa shape index (κ2) is 3.88. The van der Waals surface area contributed by atoms with Crippen LogP contribution in [-0.2, 0) is 6.42 Å². The van der Waals surface area contributed by atoms with Gasteiger partial charge < -0.3 is 9.73 Å². The Bertz CT molecular complexity index is 535. The molecule has 1 aromatic heterocycles. The summed E-state index contributed by atoms with van der Waals surface area (Å²) in [4.78, 5) is 0. The minimum atomic E-state index is 0.247. The van der Waals surface area contributed by atoms with E-state index in [1.54, 1.807) is 0 Å². The minimum Gasteiger partial charge on any atom is -0.461 e. The molecule has 0 bridgehead atoms. The summed E-state index contributed by atoms with van der Waals surface area (Å²) < 4.78 is 5.83. The number of hydrogen-bond acceptors (Lipinski definition) is 2. The predicted octanol–water partition coefficient (Wildman–Crippen LogP) is 3.43. The van der Waals surface area contributed by atoms with Crippen LogP contribution in [-0.4, -0.2) is 12.1 Å². The topological polar surface area (TPSA) is 25.2 Å². The molecule has 0 aliphatic carbocycles. The van der Waals surface area contributed by atoms with Gasteiger partial charge in [-0.2, -0.15) is 0 Å². The first kappa shape index (κ1) is 10.8. The summed E-state index contributed by atoms with van der Waals surface area (Å²) in [5.74, 6) is 1.07. The van der Waals surface area contributed by atoms with Gasteiger partial charge in [-0.05, 0) is 45.7 Å². The van der Waals surface area contributed by atoms with Crippen LogP contribution in [0.25, 0.3) is 11.0 Å². The molecule has 2 aromatic rings. The monoisotopic (exact) mass is 229 g/mol. The van der Waals surface area contributed by atoms with E-state index in [4.69, 9.17) is 4.42 Å². The molecule has 90 valence electrons. The van der Waals surface area contributed by atoms with Crippen molar-refractivity contribution in [1.29, 1.82) is 0 Å². The zero-order valence-corrected chi connectivity index (χ0v) is 10.5. The molecule has 17 heavy (non-hydrogen) atoms. The molecule has 1 fully saturated rings. The molecule has 3 rings (SSSR count). The Morgan fingerprint density at radius 1 is 1.35 bits per heavy atom. The maximum absolute atomic E-state index is 5.83. The average Bonchev–Trinajstić information content (AvgIpc) is 2.86. The number of para-hydroxylation sites is 1. The lowest BCUT2D eigenvalue weighted by atomic mass is 9.90. The van der Waals surface area contributed by atoms with Gasteiger partial charge in [-0.3, -0.25) is 0 Å². The molecule has 0 amide bonds. The van der Waals surface area contributed by atoms with Gasteiger partial charge in [-0.25, -0.2) is 0 Å². The normalized spacial score (nSPS) is 24.6. The molecule has 1 saturated heterocycles. The second-order valence-electron chi connectivity index (χ2n) is 5.40. The van der Waals surface area contributed by atoms with E-state index in [0.29, 0.717) is 0 Å². The van der Waals surface area contributed by atoms with Crippen molar-refractivity contribution in [2.24, 2.45) is 0 Å². The van der Waals surface area contributed by atoms with Gasteiger partial charge in [0.1, 0.15) is 11.3 Å². The Labute approximate surface area is 102 Å². The Hall–Kier alpha value is -1.28. The second-order valence-corrected chi connectivity index (χ2v) is 5.40. The van der Waals surface area contributed by atoms with E-state index < -0.39 is 0 Å². The van der Waals surface area contributed by atoms with Crippen molar-refractivity contribution in [3.8, 4) is 0 Å². The standard InChI is InChI=1S/C15H19NO/c1-11-13(10-15(2)8-5-9-16-15)12-6-3-4-7-14(12)17-11/h3-4,6-7,16H,5,8-10H2,1-2H3. The molecule has 0 saturated carbocycles. The van der Waals surface area contributed by atoms with E-state index in [1.807, 2.05) is 6.07 Å². The quantitative estimate of drug-likeness (QED) is 0.853. The molecular weight excluding hydrogens is 210 g/mol. The minimum absolute atomic E-state index is 0.247. The van der Waals surface area contributed by atoms with E-state index >= 15 is 0 Å². The van der Waals surface area contributed by atoms with Crippen molar-refractivity contribution in [2.45, 2.75) is 38.6 Å². The van der Waals surface area contributed by atoms with Crippen molar-refractivity contribution >= 4 is 11.0 Å². The number of rotatable bonds is 2. The summed E-state index contributed by atoms with van der Waals surface area (Å²) in [6, 6.07) is 8.34. The highest BCUT2D eigenvalue weighted by molar-refractivity contribution is 5.82. The molecule has 1 aliphatic rings. The van der Waals surface area contributed by atoms with Crippen LogP contribution in [0.2, 0.25) is 0 Å². The van der Waals surface area contributed by atoms with Gasteiger partial charge in [-0.15, -0.1) is 0 Å². The van der Waals surface area contributed by atoms with Crippen LogP contribution in [0, 0.1) is 6.92 Å². The van der Waals surface area contributed by atoms with Crippen LogP contribution in [0.4, 0.5) is 0 Å². The van der Waals surface area contributed by atoms with Gasteiger partial charge in [0.25, 0.3) is 0 Å². The first-order valence-electron chi connectivity index (χ1n) is 6.40. The maximum atomic E-state index is 5.83. The van der Waals surface area contributed by atoms with Crippen LogP contribution in [0.5, 0.6) is 0 Å². The summed E-state index contributed by atoms with van der Waals surface area (Å²) in [6.07, 6.45) is 3.60. The van der Waals surface area contributed by atoms with Gasteiger partial charge in [0.15, 0.2) is 0 Å². The number of nitrogens with one attached hydrogen (secondary N) is 1. The van der Waals surface area contributed by atoms with E-state index in [0.717, 1.165) is 24.3 Å². The average molecular weight is 229 g/mol. The zero-order valence-electron chi connectivity index (χ0n) is 10.5. The first-order valence-corrected chi connectivity index (χ1v) is 6.40. The third-order valence-electron chi connectivity index (χ3n) is 3.92. The summed E-state index contributed by atoms with van der Waals surface area (Å²) in [6.45, 7) is 5.54. The Kier molecular flexibility index (Phi) is 2.48. The molecule has 1 aliphatic heterocycles. The molecule has 2 nitrogen and oxygen atoms in total. The van der Waals surface area contributed by atoms with E-state index in [2.05, 4.69) is 37.4 Å². The molecule has 2 heteroatoms. The zero-order chi connectivity index (χ0) is 11.9. The van der Waals surface area contributed by atoms with Crippen molar-refractivity contribution in [1.82, 2.24) is 5.32 Å². The van der Waals surface area contributed by atoms with Crippen molar-refractivity contribution in [3.63, 3.8) is 0 Å². The smallest absolute Gasteiger partial charge is 0.134 e. The van der Waals surface area contributed by atoms with E-state index in [1.165, 1.54) is 23.8 Å². The molecule has 1 unspecified atom stereocenters. The highest BCUT2D eigenvalue weighted by atomic mass is 16.3.